The molecule has 404 valence electrons. The topological polar surface area (TPSA) is 309 Å². The smallest absolute Gasteiger partial charge is 0.460 e. The number of esters is 3. The molecule has 4 heterocycles. The van der Waals surface area contributed by atoms with Crippen molar-refractivity contribution in [3.63, 3.8) is 0 Å². The van der Waals surface area contributed by atoms with E-state index in [1.165, 1.54) is 13.6 Å². The van der Waals surface area contributed by atoms with Gasteiger partial charge in [-0.05, 0) is 43.8 Å². The van der Waals surface area contributed by atoms with Gasteiger partial charge in [-0.2, -0.15) is 0 Å². The number of aliphatic hydroxyl groups excluding tert-OH is 3. The zero-order valence-corrected chi connectivity index (χ0v) is 45.4. The van der Waals surface area contributed by atoms with Gasteiger partial charge < -0.3 is 47.6 Å². The maximum absolute atomic E-state index is 11.9. The number of carbonyl (C=O) groups excluding carboxylic acids is 3. The van der Waals surface area contributed by atoms with Gasteiger partial charge in [0.15, 0.2) is 0 Å². The molecule has 68 heavy (non-hydrogen) atoms. The Morgan fingerprint density at radius 2 is 0.941 bits per heavy atom. The quantitative estimate of drug-likeness (QED) is 0.0403. The first-order valence-corrected chi connectivity index (χ1v) is 30.0. The van der Waals surface area contributed by atoms with Crippen molar-refractivity contribution in [3.05, 3.63) is 36.5 Å². The maximum atomic E-state index is 11.9. The largest absolute Gasteiger partial charge is 0.475 e. The minimum Gasteiger partial charge on any atom is -0.460 e. The van der Waals surface area contributed by atoms with Crippen LogP contribution in [-0.4, -0.2) is 152 Å². The molecule has 24 nitrogen and oxygen atoms in total. The second kappa shape index (κ2) is 41.7. The molecule has 0 bridgehead atoms. The van der Waals surface area contributed by atoms with E-state index in [1.807, 2.05) is 0 Å². The third-order valence-corrected chi connectivity index (χ3v) is 13.3. The van der Waals surface area contributed by atoms with Gasteiger partial charge >= 0.3 is 47.2 Å². The maximum Gasteiger partial charge on any atom is 0.475 e. The van der Waals surface area contributed by atoms with E-state index in [2.05, 4.69) is 63.3 Å². The molecule has 4 saturated heterocycles. The van der Waals surface area contributed by atoms with Crippen LogP contribution in [0.2, 0.25) is 0 Å². The van der Waals surface area contributed by atoms with E-state index < -0.39 is 55.0 Å². The third kappa shape index (κ3) is 48.9. The summed E-state index contributed by atoms with van der Waals surface area (Å²) in [5, 5.41) is 23.4. The normalized spacial score (nSPS) is 17.9. The molecule has 0 radical (unpaired) electrons. The van der Waals surface area contributed by atoms with Crippen LogP contribution in [0.5, 0.6) is 0 Å². The summed E-state index contributed by atoms with van der Waals surface area (Å²) < 4.78 is 110. The van der Waals surface area contributed by atoms with Crippen molar-refractivity contribution in [2.75, 3.05) is 119 Å². The van der Waals surface area contributed by atoms with Crippen LogP contribution >= 0.6 is 70.8 Å². The second-order valence-corrected chi connectivity index (χ2v) is 24.4. The number of halogens is 3. The fourth-order valence-corrected chi connectivity index (χ4v) is 8.10. The minimum absolute atomic E-state index is 0. The van der Waals surface area contributed by atoms with E-state index in [1.54, 1.807) is 13.8 Å². The zero-order chi connectivity index (χ0) is 52.2. The summed E-state index contributed by atoms with van der Waals surface area (Å²) in [6.45, 7) is 19.7. The molecule has 3 N–H and O–H groups in total. The van der Waals surface area contributed by atoms with Gasteiger partial charge in [-0.1, -0.05) is 47.9 Å². The molecular formula is C36H70Cl3O24P5. The summed E-state index contributed by atoms with van der Waals surface area (Å²) in [7, 11) is -7.44. The van der Waals surface area contributed by atoms with Crippen molar-refractivity contribution in [3.8, 4) is 0 Å². The van der Waals surface area contributed by atoms with Crippen LogP contribution < -0.4 is 0 Å². The van der Waals surface area contributed by atoms with Crippen LogP contribution in [0, 0.1) is 5.41 Å². The highest BCUT2D eigenvalue weighted by molar-refractivity contribution is 7.81. The number of hydrogen-bond acceptors (Lipinski definition) is 24. The number of hydrogen-bond donors (Lipinski definition) is 3. The van der Waals surface area contributed by atoms with Crippen LogP contribution in [0.15, 0.2) is 36.5 Å². The van der Waals surface area contributed by atoms with Gasteiger partial charge in [0.05, 0.1) is 92.5 Å². The Balaban J connectivity index is -0.000000371. The van der Waals surface area contributed by atoms with E-state index >= 15 is 0 Å². The molecule has 4 fully saturated rings. The number of ether oxygens (including phenoxy) is 3. The summed E-state index contributed by atoms with van der Waals surface area (Å²) in [5.74, 6) is -1.45. The number of carbonyl (C=O) groups is 3. The van der Waals surface area contributed by atoms with Crippen molar-refractivity contribution in [1.82, 2.24) is 0 Å². The number of aliphatic hydroxyl groups is 3. The van der Waals surface area contributed by atoms with Crippen molar-refractivity contribution in [2.24, 2.45) is 5.41 Å². The van der Waals surface area contributed by atoms with Crippen molar-refractivity contribution in [1.29, 1.82) is 0 Å². The molecule has 0 spiro atoms. The summed E-state index contributed by atoms with van der Waals surface area (Å²) in [6.07, 6.45) is 0.791. The molecule has 0 aliphatic carbocycles. The highest BCUT2D eigenvalue weighted by atomic mass is 35.7. The lowest BCUT2D eigenvalue weighted by Crippen LogP contribution is -2.12. The Morgan fingerprint density at radius 3 is 1.22 bits per heavy atom. The highest BCUT2D eigenvalue weighted by Gasteiger charge is 2.32. The first kappa shape index (κ1) is 73.8. The van der Waals surface area contributed by atoms with Gasteiger partial charge in [0.1, 0.15) is 19.8 Å². The summed E-state index contributed by atoms with van der Waals surface area (Å²) in [4.78, 5) is 32.5. The van der Waals surface area contributed by atoms with Crippen molar-refractivity contribution < 1.29 is 112 Å². The van der Waals surface area contributed by atoms with Gasteiger partial charge in [0.25, 0.3) is 7.73 Å². The van der Waals surface area contributed by atoms with Crippen molar-refractivity contribution >= 4 is 88.7 Å². The molecule has 1 unspecified atom stereocenters. The first-order valence-electron chi connectivity index (χ1n) is 19.6. The van der Waals surface area contributed by atoms with Crippen LogP contribution in [-0.2, 0) is 96.6 Å². The Hall–Kier alpha value is -0.710. The fraction of sp³-hybridized carbons (Fsp3) is 0.750. The molecule has 32 heteroatoms. The second-order valence-electron chi connectivity index (χ2n) is 13.7. The standard InChI is InChI=1S/C13H25O5P.C8H13O6P.C6H10O3.2C2H4ClO3P.C2H4ClO2P.C2H6O2.CH4/c1-11(2)12(14)16-9-10-18-19(6,15)17-8-7-13(3,4)5;1-7(2)8(9)11-3-4-12-15(10)13-5-6-14-15;1-5(2)6(8)9-4-3-7;2*3-7(4)5-1-2-6-7;3-6-4-1-2-5-6;3-1-2-4;/h1,7-10H2,2-6H3;1,3-6H2,2H3;7H,1,3-4H2,2H3;2*1-2H2;1-2H2;3-4H,1-2H2;1H4. The van der Waals surface area contributed by atoms with E-state index in [0.29, 0.717) is 63.0 Å². The molecule has 1 atom stereocenters. The molecule has 0 aromatic carbocycles. The molecule has 0 saturated carbocycles. The summed E-state index contributed by atoms with van der Waals surface area (Å²) >= 11 is 15.5. The Morgan fingerprint density at radius 1 is 0.603 bits per heavy atom. The van der Waals surface area contributed by atoms with Gasteiger partial charge in [-0.25, -0.2) is 28.1 Å². The van der Waals surface area contributed by atoms with Gasteiger partial charge in [0.2, 0.25) is 0 Å². The Labute approximate surface area is 415 Å². The van der Waals surface area contributed by atoms with E-state index in [-0.39, 0.29) is 78.9 Å². The molecule has 4 rings (SSSR count). The van der Waals surface area contributed by atoms with Crippen molar-refractivity contribution in [2.45, 2.75) is 55.4 Å². The predicted octanol–water partition coefficient (Wildman–Crippen LogP) is 8.64. The predicted molar refractivity (Wildman–Crippen MR) is 256 cm³/mol. The summed E-state index contributed by atoms with van der Waals surface area (Å²) in [6, 6.07) is 0. The minimum atomic E-state index is -3.37. The van der Waals surface area contributed by atoms with Gasteiger partial charge in [-0.3, -0.25) is 36.2 Å². The molecular weight excluding hydrogens is 1080 g/mol. The highest BCUT2D eigenvalue weighted by Crippen LogP contribution is 2.57. The lowest BCUT2D eigenvalue weighted by atomic mass is 9.93. The average Bonchev–Trinajstić information content (AvgIpc) is 4.08. The van der Waals surface area contributed by atoms with Gasteiger partial charge in [-0.15, -0.1) is 0 Å². The summed E-state index contributed by atoms with van der Waals surface area (Å²) in [5.41, 5.74) is 1.09. The number of phosphoric acid groups is 1. The van der Waals surface area contributed by atoms with Crippen LogP contribution in [0.3, 0.4) is 0 Å². The molecule has 4 aliphatic heterocycles. The third-order valence-electron chi connectivity index (χ3n) is 6.06. The molecule has 0 aromatic heterocycles. The Kier molecular flexibility index (Phi) is 45.3. The number of rotatable bonds is 17. The Bertz CT molecular complexity index is 1590. The lowest BCUT2D eigenvalue weighted by molar-refractivity contribution is -0.140. The monoisotopic (exact) mass is 1150 g/mol. The van der Waals surface area contributed by atoms with Crippen LogP contribution in [0.4, 0.5) is 0 Å². The van der Waals surface area contributed by atoms with Crippen LogP contribution in [0.1, 0.15) is 55.4 Å². The van der Waals surface area contributed by atoms with Crippen LogP contribution in [0.25, 0.3) is 0 Å². The molecule has 0 aromatic rings. The fourth-order valence-electron chi connectivity index (χ4n) is 3.01. The van der Waals surface area contributed by atoms with E-state index in [0.717, 1.165) is 6.42 Å². The average molecular weight is 1150 g/mol. The zero-order valence-electron chi connectivity index (χ0n) is 38.6. The SMILES string of the molecule is C.C=C(C)C(=O)OCCO.C=C(C)C(=O)OCCOP(C)(=O)OCCC(C)(C)C.C=C(C)C(=O)OCCOP1(=O)OCCO1.ClP1OCCO1.O=P1(Cl)OCCO1.O=P1(Cl)OCCO1.OCCO. The van der Waals surface area contributed by atoms with Gasteiger partial charge in [0, 0.05) is 45.9 Å². The number of phosphoric ester groups is 1. The van der Waals surface area contributed by atoms with E-state index in [9.17, 15) is 32.6 Å². The molecule has 0 amide bonds. The molecule has 4 aliphatic rings. The van der Waals surface area contributed by atoms with E-state index in [4.69, 9.17) is 90.2 Å². The lowest BCUT2D eigenvalue weighted by Gasteiger charge is -2.20. The first-order chi connectivity index (χ1) is 31.0.